The third kappa shape index (κ3) is 2.56. The first-order valence-electron chi connectivity index (χ1n) is 5.25. The fourth-order valence-electron chi connectivity index (χ4n) is 1.62. The summed E-state index contributed by atoms with van der Waals surface area (Å²) >= 11 is 4.82. The van der Waals surface area contributed by atoms with Crippen LogP contribution in [0.2, 0.25) is 0 Å². The van der Waals surface area contributed by atoms with E-state index in [1.54, 1.807) is 0 Å². The highest BCUT2D eigenvalue weighted by Crippen LogP contribution is 2.22. The molecule has 0 saturated carbocycles. The second-order valence-electron chi connectivity index (χ2n) is 4.38. The number of hydrogen-bond acceptors (Lipinski definition) is 4. The van der Waals surface area contributed by atoms with E-state index >= 15 is 0 Å². The molecule has 1 aromatic carbocycles. The molecule has 0 bridgehead atoms. The number of hydrogen-bond donors (Lipinski definition) is 1. The fourth-order valence-corrected chi connectivity index (χ4v) is 1.82. The van der Waals surface area contributed by atoms with Gasteiger partial charge in [-0.1, -0.05) is 26.1 Å². The van der Waals surface area contributed by atoms with Crippen molar-refractivity contribution in [1.82, 2.24) is 0 Å². The third-order valence-electron chi connectivity index (χ3n) is 2.58. The number of nitrogens with zero attached hydrogens (tertiary/aromatic N) is 1. The van der Waals surface area contributed by atoms with Gasteiger partial charge in [0.15, 0.2) is 0 Å². The Labute approximate surface area is 95.6 Å². The van der Waals surface area contributed by atoms with Crippen LogP contribution in [0.3, 0.4) is 0 Å². The Kier molecular flexibility index (Phi) is 3.85. The van der Waals surface area contributed by atoms with Crippen molar-refractivity contribution < 1.29 is 0 Å². The van der Waals surface area contributed by atoms with Gasteiger partial charge in [0.1, 0.15) is 10.2 Å². The molecule has 0 spiro atoms. The molecule has 4 heteroatoms. The minimum absolute atomic E-state index is 0.0745. The van der Waals surface area contributed by atoms with Gasteiger partial charge in [0.25, 0.3) is 0 Å². The molecule has 0 amide bonds. The van der Waals surface area contributed by atoms with Crippen LogP contribution in [0.1, 0.15) is 26.7 Å². The van der Waals surface area contributed by atoms with E-state index in [4.69, 9.17) is 18.0 Å². The van der Waals surface area contributed by atoms with E-state index in [0.717, 1.165) is 19.4 Å². The van der Waals surface area contributed by atoms with Crippen molar-refractivity contribution in [3.05, 3.63) is 14.7 Å². The van der Waals surface area contributed by atoms with Crippen LogP contribution in [0.4, 0.5) is 11.4 Å². The van der Waals surface area contributed by atoms with E-state index in [2.05, 4.69) is 13.8 Å². The summed E-state index contributed by atoms with van der Waals surface area (Å²) in [6.45, 7) is 5.25. The van der Waals surface area contributed by atoms with Crippen molar-refractivity contribution in [2.45, 2.75) is 26.7 Å². The number of nitrogen functional groups attached to an aromatic ring is 1. The molecule has 0 heterocycles. The molecule has 0 aliphatic carbocycles. The van der Waals surface area contributed by atoms with Crippen molar-refractivity contribution >= 4 is 23.6 Å². The first-order chi connectivity index (χ1) is 6.95. The van der Waals surface area contributed by atoms with Gasteiger partial charge < -0.3 is 10.6 Å². The Bertz CT molecular complexity index is 405. The summed E-state index contributed by atoms with van der Waals surface area (Å²) in [7, 11) is 1.89. The smallest absolute Gasteiger partial charge is 0.224 e. The van der Waals surface area contributed by atoms with Gasteiger partial charge in [0.2, 0.25) is 5.43 Å². The van der Waals surface area contributed by atoms with Gasteiger partial charge in [-0.05, 0) is 18.8 Å². The van der Waals surface area contributed by atoms with Gasteiger partial charge in [0, 0.05) is 13.6 Å². The van der Waals surface area contributed by atoms with E-state index in [1.165, 1.54) is 0 Å². The number of nitrogens with two attached hydrogens (primary N) is 1. The molecule has 0 radical (unpaired) electrons. The van der Waals surface area contributed by atoms with Gasteiger partial charge in [-0.2, -0.15) is 0 Å². The van der Waals surface area contributed by atoms with Crippen molar-refractivity contribution in [3.63, 3.8) is 0 Å². The number of rotatable bonds is 5. The van der Waals surface area contributed by atoms with Crippen molar-refractivity contribution in [2.75, 3.05) is 24.2 Å². The molecule has 0 aliphatic heterocycles. The molecule has 1 rings (SSSR count). The van der Waals surface area contributed by atoms with Crippen LogP contribution < -0.4 is 16.1 Å². The molecule has 0 aromatic heterocycles. The Morgan fingerprint density at radius 2 is 2.07 bits per heavy atom. The highest BCUT2D eigenvalue weighted by molar-refractivity contribution is 7.71. The van der Waals surface area contributed by atoms with Gasteiger partial charge in [-0.15, -0.1) is 0 Å². The molecule has 3 nitrogen and oxygen atoms in total. The molecule has 0 atom stereocenters. The molecule has 0 fully saturated rings. The Morgan fingerprint density at radius 1 is 1.47 bits per heavy atom. The van der Waals surface area contributed by atoms with Crippen LogP contribution in [-0.2, 0) is 0 Å². The first-order valence-corrected chi connectivity index (χ1v) is 5.66. The lowest BCUT2D eigenvalue weighted by atomic mass is 10.1. The third-order valence-corrected chi connectivity index (χ3v) is 2.98. The Morgan fingerprint density at radius 3 is 2.53 bits per heavy atom. The van der Waals surface area contributed by atoms with Gasteiger partial charge in [0.05, 0.1) is 5.69 Å². The highest BCUT2D eigenvalue weighted by Gasteiger charge is 2.18. The lowest BCUT2D eigenvalue weighted by Crippen LogP contribution is -2.30. The second kappa shape index (κ2) is 4.75. The van der Waals surface area contributed by atoms with E-state index in [9.17, 15) is 4.79 Å². The predicted octanol–water partition coefficient (Wildman–Crippen LogP) is 2.11. The molecule has 0 aliphatic rings. The maximum atomic E-state index is 11.4. The molecule has 0 unspecified atom stereocenters. The summed E-state index contributed by atoms with van der Waals surface area (Å²) in [5, 5.41) is 0. The molecule has 0 saturated heterocycles. The fraction of sp³-hybridized carbons (Fsp3) is 0.636. The standard InChI is InChI=1S/C11H18N2OS/c1-7(2)5-4-6-13(3)9-8(12)11(15)10(9)14/h7H,4-6,12H2,1-3H3. The Hall–Kier alpha value is -0.900. The monoisotopic (exact) mass is 226 g/mol. The normalized spacial score (nSPS) is 11.2. The van der Waals surface area contributed by atoms with Crippen LogP contribution in [-0.4, -0.2) is 13.6 Å². The summed E-state index contributed by atoms with van der Waals surface area (Å²) in [6.07, 6.45) is 2.24. The van der Waals surface area contributed by atoms with Crippen molar-refractivity contribution in [2.24, 2.45) is 5.92 Å². The molecule has 15 heavy (non-hydrogen) atoms. The minimum atomic E-state index is -0.0745. The van der Waals surface area contributed by atoms with Crippen LogP contribution >= 0.6 is 12.2 Å². The average Bonchev–Trinajstić information content (AvgIpc) is 2.17. The average molecular weight is 226 g/mol. The summed E-state index contributed by atoms with van der Waals surface area (Å²) in [5.41, 5.74) is 6.68. The zero-order valence-electron chi connectivity index (χ0n) is 9.54. The zero-order chi connectivity index (χ0) is 11.6. The molecular formula is C11H18N2OS. The van der Waals surface area contributed by atoms with E-state index in [0.29, 0.717) is 21.8 Å². The molecule has 84 valence electrons. The van der Waals surface area contributed by atoms with Crippen LogP contribution in [0.5, 0.6) is 0 Å². The maximum absolute atomic E-state index is 11.4. The van der Waals surface area contributed by atoms with E-state index < -0.39 is 0 Å². The predicted molar refractivity (Wildman–Crippen MR) is 67.7 cm³/mol. The number of anilines is 2. The lowest BCUT2D eigenvalue weighted by Gasteiger charge is -2.22. The maximum Gasteiger partial charge on any atom is 0.224 e. The zero-order valence-corrected chi connectivity index (χ0v) is 10.4. The van der Waals surface area contributed by atoms with Crippen LogP contribution in [0, 0.1) is 10.4 Å². The van der Waals surface area contributed by atoms with E-state index in [-0.39, 0.29) is 5.43 Å². The molecule has 1 aromatic rings. The Balaban J connectivity index is 2.52. The van der Waals surface area contributed by atoms with Gasteiger partial charge in [-0.25, -0.2) is 0 Å². The highest BCUT2D eigenvalue weighted by atomic mass is 32.1. The van der Waals surface area contributed by atoms with Gasteiger partial charge in [-0.3, -0.25) is 4.79 Å². The van der Waals surface area contributed by atoms with E-state index in [1.807, 2.05) is 11.9 Å². The lowest BCUT2D eigenvalue weighted by molar-refractivity contribution is 0.555. The second-order valence-corrected chi connectivity index (χ2v) is 4.79. The summed E-state index contributed by atoms with van der Waals surface area (Å²) in [5.74, 6) is 0.697. The summed E-state index contributed by atoms with van der Waals surface area (Å²) in [6, 6.07) is 0. The SMILES string of the molecule is CC(C)CCCN(C)c1c(N)c(=S)c1=O. The quantitative estimate of drug-likeness (QED) is 0.781. The molecule has 2 N–H and O–H groups in total. The summed E-state index contributed by atoms with van der Waals surface area (Å²) in [4.78, 5) is 13.3. The molecular weight excluding hydrogens is 208 g/mol. The van der Waals surface area contributed by atoms with Gasteiger partial charge >= 0.3 is 0 Å². The van der Waals surface area contributed by atoms with Crippen LogP contribution in [0.15, 0.2) is 4.79 Å². The first kappa shape index (κ1) is 12.2. The summed E-state index contributed by atoms with van der Waals surface area (Å²) < 4.78 is 0.292. The largest absolute Gasteiger partial charge is 0.396 e. The van der Waals surface area contributed by atoms with Crippen molar-refractivity contribution in [1.29, 1.82) is 0 Å². The minimum Gasteiger partial charge on any atom is -0.396 e. The van der Waals surface area contributed by atoms with Crippen molar-refractivity contribution in [3.8, 4) is 0 Å². The topological polar surface area (TPSA) is 46.3 Å². The van der Waals surface area contributed by atoms with Crippen LogP contribution in [0.25, 0.3) is 0 Å².